The maximum Gasteiger partial charge on any atom is 0.324 e. The molecule has 0 aliphatic heterocycles. The Labute approximate surface area is 124 Å². The van der Waals surface area contributed by atoms with Gasteiger partial charge in [0.2, 0.25) is 10.0 Å². The normalized spacial score (nSPS) is 12.4. The van der Waals surface area contributed by atoms with Crippen LogP contribution in [0.3, 0.4) is 0 Å². The molecule has 0 fully saturated rings. The Hall–Kier alpha value is -1.47. The van der Waals surface area contributed by atoms with Gasteiger partial charge in [-0.2, -0.15) is 4.72 Å². The van der Waals surface area contributed by atoms with Crippen LogP contribution in [0.15, 0.2) is 17.0 Å². The zero-order valence-electron chi connectivity index (χ0n) is 12.5. The lowest BCUT2D eigenvalue weighted by Gasteiger charge is -2.28. The second-order valence-electron chi connectivity index (χ2n) is 5.07. The van der Waals surface area contributed by atoms with E-state index in [0.717, 1.165) is 12.1 Å². The predicted molar refractivity (Wildman–Crippen MR) is 77.1 cm³/mol. The van der Waals surface area contributed by atoms with Crippen molar-refractivity contribution < 1.29 is 22.7 Å². The molecule has 7 heteroatoms. The zero-order chi connectivity index (χ0) is 16.4. The van der Waals surface area contributed by atoms with E-state index >= 15 is 0 Å². The molecule has 1 rings (SSSR count). The van der Waals surface area contributed by atoms with Crippen LogP contribution in [-0.4, -0.2) is 25.0 Å². The van der Waals surface area contributed by atoms with Crippen LogP contribution in [0.5, 0.6) is 0 Å². The summed E-state index contributed by atoms with van der Waals surface area (Å²) in [6.45, 7) is 6.16. The van der Waals surface area contributed by atoms with Crippen LogP contribution < -0.4 is 4.72 Å². The monoisotopic (exact) mass is 317 g/mol. The summed E-state index contributed by atoms with van der Waals surface area (Å²) >= 11 is 0. The average Bonchev–Trinajstić information content (AvgIpc) is 2.33. The van der Waals surface area contributed by atoms with Crippen molar-refractivity contribution >= 4 is 16.0 Å². The summed E-state index contributed by atoms with van der Waals surface area (Å²) in [4.78, 5) is 11.4. The third-order valence-corrected chi connectivity index (χ3v) is 5.48. The largest absolute Gasteiger partial charge is 0.480 e. The Kier molecular flexibility index (Phi) is 5.11. The van der Waals surface area contributed by atoms with E-state index in [1.54, 1.807) is 13.8 Å². The third kappa shape index (κ3) is 3.41. The summed E-state index contributed by atoms with van der Waals surface area (Å²) in [5.74, 6) is -1.76. The number of aliphatic carboxylic acids is 1. The van der Waals surface area contributed by atoms with Crippen molar-refractivity contribution in [2.24, 2.45) is 0 Å². The summed E-state index contributed by atoms with van der Waals surface area (Å²) in [5, 5.41) is 9.33. The van der Waals surface area contributed by atoms with Crippen LogP contribution in [0.25, 0.3) is 0 Å². The molecule has 0 unspecified atom stereocenters. The Bertz CT molecular complexity index is 628. The van der Waals surface area contributed by atoms with E-state index in [1.165, 1.54) is 13.8 Å². The first-order valence-electron chi connectivity index (χ1n) is 6.63. The Balaban J connectivity index is 3.40. The van der Waals surface area contributed by atoms with Crippen molar-refractivity contribution in [3.63, 3.8) is 0 Å². The lowest BCUT2D eigenvalue weighted by Crippen LogP contribution is -2.53. The first-order valence-corrected chi connectivity index (χ1v) is 8.12. The molecule has 0 bridgehead atoms. The highest BCUT2D eigenvalue weighted by molar-refractivity contribution is 7.89. The molecular formula is C14H20FNO4S. The van der Waals surface area contributed by atoms with Crippen molar-refractivity contribution in [2.75, 3.05) is 0 Å². The number of benzene rings is 1. The third-order valence-electron chi connectivity index (χ3n) is 3.64. The van der Waals surface area contributed by atoms with Gasteiger partial charge >= 0.3 is 5.97 Å². The van der Waals surface area contributed by atoms with Gasteiger partial charge in [0.15, 0.2) is 0 Å². The van der Waals surface area contributed by atoms with Crippen molar-refractivity contribution in [1.29, 1.82) is 0 Å². The van der Waals surface area contributed by atoms with Gasteiger partial charge in [0.05, 0.1) is 4.90 Å². The molecule has 0 aliphatic rings. The first-order chi connectivity index (χ1) is 9.59. The van der Waals surface area contributed by atoms with Crippen molar-refractivity contribution in [1.82, 2.24) is 4.72 Å². The molecule has 5 nitrogen and oxygen atoms in total. The average molecular weight is 317 g/mol. The maximum absolute atomic E-state index is 13.3. The molecule has 2 N–H and O–H groups in total. The Morgan fingerprint density at radius 3 is 2.00 bits per heavy atom. The SMILES string of the molecule is CCC(CC)(NS(=O)(=O)c1c(C)cc(F)cc1C)C(=O)O. The van der Waals surface area contributed by atoms with Crippen LogP contribution in [0.4, 0.5) is 4.39 Å². The second-order valence-corrected chi connectivity index (χ2v) is 6.69. The summed E-state index contributed by atoms with van der Waals surface area (Å²) < 4.78 is 40.6. The van der Waals surface area contributed by atoms with Gasteiger partial charge in [-0.1, -0.05) is 13.8 Å². The Morgan fingerprint density at radius 2 is 1.67 bits per heavy atom. The minimum absolute atomic E-state index is 0.0728. The van der Waals surface area contributed by atoms with Crippen LogP contribution in [0.1, 0.15) is 37.8 Å². The first kappa shape index (κ1) is 17.6. The van der Waals surface area contributed by atoms with E-state index in [1.807, 2.05) is 0 Å². The molecule has 21 heavy (non-hydrogen) atoms. The summed E-state index contributed by atoms with van der Waals surface area (Å²) in [6, 6.07) is 2.23. The number of aryl methyl sites for hydroxylation is 2. The predicted octanol–water partition coefficient (Wildman–Crippen LogP) is 2.36. The second kappa shape index (κ2) is 6.11. The van der Waals surface area contributed by atoms with E-state index in [0.29, 0.717) is 0 Å². The summed E-state index contributed by atoms with van der Waals surface area (Å²) in [5.41, 5.74) is -1.08. The molecule has 0 aliphatic carbocycles. The minimum Gasteiger partial charge on any atom is -0.480 e. The van der Waals surface area contributed by atoms with Gasteiger partial charge in [-0.05, 0) is 49.9 Å². The van der Waals surface area contributed by atoms with Gasteiger partial charge in [0.25, 0.3) is 0 Å². The zero-order valence-corrected chi connectivity index (χ0v) is 13.3. The molecule has 0 saturated heterocycles. The van der Waals surface area contributed by atoms with Gasteiger partial charge in [0.1, 0.15) is 11.4 Å². The lowest BCUT2D eigenvalue weighted by molar-refractivity contribution is -0.144. The fourth-order valence-corrected chi connectivity index (χ4v) is 4.33. The molecule has 0 saturated carbocycles. The highest BCUT2D eigenvalue weighted by atomic mass is 32.2. The molecule has 0 heterocycles. The molecule has 1 aromatic rings. The number of nitrogens with one attached hydrogen (secondary N) is 1. The van der Waals surface area contributed by atoms with Crippen molar-refractivity contribution in [3.05, 3.63) is 29.1 Å². The van der Waals surface area contributed by atoms with Gasteiger partial charge in [-0.15, -0.1) is 0 Å². The van der Waals surface area contributed by atoms with Crippen molar-refractivity contribution in [3.8, 4) is 0 Å². The number of hydrogen-bond acceptors (Lipinski definition) is 3. The summed E-state index contributed by atoms with van der Waals surface area (Å²) in [6.07, 6.45) is 0.217. The van der Waals surface area contributed by atoms with Crippen LogP contribution in [0, 0.1) is 19.7 Å². The molecule has 0 radical (unpaired) electrons. The van der Waals surface area contributed by atoms with Crippen LogP contribution in [-0.2, 0) is 14.8 Å². The number of sulfonamides is 1. The smallest absolute Gasteiger partial charge is 0.324 e. The summed E-state index contributed by atoms with van der Waals surface area (Å²) in [7, 11) is -4.06. The number of hydrogen-bond donors (Lipinski definition) is 2. The van der Waals surface area contributed by atoms with Crippen LogP contribution >= 0.6 is 0 Å². The van der Waals surface area contributed by atoms with E-state index in [-0.39, 0.29) is 28.9 Å². The van der Waals surface area contributed by atoms with Gasteiger partial charge in [0, 0.05) is 0 Å². The molecule has 0 amide bonds. The molecule has 118 valence electrons. The maximum atomic E-state index is 13.3. The van der Waals surface area contributed by atoms with E-state index < -0.39 is 27.3 Å². The molecule has 0 atom stereocenters. The number of halogens is 1. The topological polar surface area (TPSA) is 83.5 Å². The molecule has 0 spiro atoms. The lowest BCUT2D eigenvalue weighted by atomic mass is 9.95. The minimum atomic E-state index is -4.06. The van der Waals surface area contributed by atoms with Crippen molar-refractivity contribution in [2.45, 2.75) is 51.0 Å². The molecule has 1 aromatic carbocycles. The van der Waals surface area contributed by atoms with Gasteiger partial charge < -0.3 is 5.11 Å². The van der Waals surface area contributed by atoms with E-state index in [2.05, 4.69) is 4.72 Å². The van der Waals surface area contributed by atoms with Gasteiger partial charge in [-0.3, -0.25) is 4.79 Å². The fraction of sp³-hybridized carbons (Fsp3) is 0.500. The quantitative estimate of drug-likeness (QED) is 0.843. The molecular weight excluding hydrogens is 297 g/mol. The number of rotatable bonds is 6. The van der Waals surface area contributed by atoms with Crippen LogP contribution in [0.2, 0.25) is 0 Å². The Morgan fingerprint density at radius 1 is 1.24 bits per heavy atom. The number of carboxylic acids is 1. The van der Waals surface area contributed by atoms with E-state index in [4.69, 9.17) is 0 Å². The van der Waals surface area contributed by atoms with E-state index in [9.17, 15) is 22.7 Å². The highest BCUT2D eigenvalue weighted by Crippen LogP contribution is 2.25. The van der Waals surface area contributed by atoms with Gasteiger partial charge in [-0.25, -0.2) is 12.8 Å². The highest BCUT2D eigenvalue weighted by Gasteiger charge is 2.40. The fourth-order valence-electron chi connectivity index (χ4n) is 2.37. The number of carbonyl (C=O) groups is 1. The number of carboxylic acid groups (broad SMARTS) is 1. The molecule has 0 aromatic heterocycles. The standard InChI is InChI=1S/C14H20FNO4S/c1-5-14(6-2,13(17)18)16-21(19,20)12-9(3)7-11(15)8-10(12)4/h7-8,16H,5-6H2,1-4H3,(H,17,18).